The first-order valence-corrected chi connectivity index (χ1v) is 7.38. The average molecular weight is 285 g/mol. The van der Waals surface area contributed by atoms with E-state index < -0.39 is 0 Å². The fourth-order valence-corrected chi connectivity index (χ4v) is 2.83. The number of aromatic nitrogens is 4. The molecule has 21 heavy (non-hydrogen) atoms. The van der Waals surface area contributed by atoms with Crippen molar-refractivity contribution in [3.63, 3.8) is 0 Å². The molecule has 6 nitrogen and oxygen atoms in total. The van der Waals surface area contributed by atoms with Gasteiger partial charge in [-0.05, 0) is 53.5 Å². The molecule has 1 aliphatic rings. The van der Waals surface area contributed by atoms with Crippen LogP contribution in [0.1, 0.15) is 43.0 Å². The Hall–Kier alpha value is -2.24. The molecule has 0 unspecified atom stereocenters. The van der Waals surface area contributed by atoms with Crippen LogP contribution in [0.25, 0.3) is 5.69 Å². The van der Waals surface area contributed by atoms with Crippen LogP contribution in [0.15, 0.2) is 30.6 Å². The molecule has 2 atom stereocenters. The number of carbonyl (C=O) groups excluding carboxylic acids is 1. The van der Waals surface area contributed by atoms with Crippen LogP contribution in [0.4, 0.5) is 0 Å². The molecular weight excluding hydrogens is 266 g/mol. The Morgan fingerprint density at radius 2 is 2.00 bits per heavy atom. The van der Waals surface area contributed by atoms with Gasteiger partial charge in [0.1, 0.15) is 6.33 Å². The van der Waals surface area contributed by atoms with Gasteiger partial charge in [-0.1, -0.05) is 19.8 Å². The summed E-state index contributed by atoms with van der Waals surface area (Å²) in [6, 6.07) is 7.59. The lowest BCUT2D eigenvalue weighted by Gasteiger charge is -2.29. The van der Waals surface area contributed by atoms with Crippen molar-refractivity contribution in [2.45, 2.75) is 38.6 Å². The quantitative estimate of drug-likeness (QED) is 0.935. The maximum atomic E-state index is 12.3. The van der Waals surface area contributed by atoms with E-state index >= 15 is 0 Å². The minimum absolute atomic E-state index is 0.00276. The maximum absolute atomic E-state index is 12.3. The average Bonchev–Trinajstić information content (AvgIpc) is 3.04. The number of hydrogen-bond acceptors (Lipinski definition) is 4. The summed E-state index contributed by atoms with van der Waals surface area (Å²) in [6.45, 7) is 2.21. The first-order chi connectivity index (χ1) is 10.2. The summed E-state index contributed by atoms with van der Waals surface area (Å²) in [5, 5.41) is 14.2. The van der Waals surface area contributed by atoms with Crippen LogP contribution in [-0.4, -0.2) is 32.2 Å². The highest BCUT2D eigenvalue weighted by Gasteiger charge is 2.23. The molecule has 1 amide bonds. The van der Waals surface area contributed by atoms with E-state index in [0.29, 0.717) is 17.5 Å². The van der Waals surface area contributed by atoms with Crippen molar-refractivity contribution in [3.8, 4) is 5.69 Å². The summed E-state index contributed by atoms with van der Waals surface area (Å²) < 4.78 is 1.56. The number of nitrogens with one attached hydrogen (secondary N) is 1. The van der Waals surface area contributed by atoms with Crippen molar-refractivity contribution in [2.75, 3.05) is 0 Å². The second-order valence-corrected chi connectivity index (χ2v) is 5.64. The molecule has 1 aromatic heterocycles. The van der Waals surface area contributed by atoms with Gasteiger partial charge in [0.15, 0.2) is 0 Å². The topological polar surface area (TPSA) is 72.7 Å². The number of tetrazole rings is 1. The molecule has 1 heterocycles. The zero-order valence-electron chi connectivity index (χ0n) is 12.1. The third-order valence-electron chi connectivity index (χ3n) is 4.17. The Bertz CT molecular complexity index is 593. The largest absolute Gasteiger partial charge is 0.349 e. The minimum atomic E-state index is -0.00276. The lowest BCUT2D eigenvalue weighted by molar-refractivity contribution is 0.0910. The standard InChI is InChI=1S/C15H19N5O/c1-11-4-2-3-5-14(11)17-15(21)12-6-8-13(9-7-12)20-10-16-18-19-20/h6-11,14H,2-5H2,1H3,(H,17,21)/t11-,14+/m0/s1. The van der Waals surface area contributed by atoms with Crippen molar-refractivity contribution in [1.82, 2.24) is 25.5 Å². The number of hydrogen-bond donors (Lipinski definition) is 1. The van der Waals surface area contributed by atoms with Crippen LogP contribution >= 0.6 is 0 Å². The molecule has 1 saturated carbocycles. The predicted molar refractivity (Wildman–Crippen MR) is 78.0 cm³/mol. The SMILES string of the molecule is C[C@H]1CCCC[C@H]1NC(=O)c1ccc(-n2cnnn2)cc1. The van der Waals surface area contributed by atoms with Gasteiger partial charge < -0.3 is 5.32 Å². The lowest BCUT2D eigenvalue weighted by Crippen LogP contribution is -2.41. The Morgan fingerprint density at radius 3 is 2.67 bits per heavy atom. The van der Waals surface area contributed by atoms with E-state index in [9.17, 15) is 4.79 Å². The zero-order valence-corrected chi connectivity index (χ0v) is 12.1. The van der Waals surface area contributed by atoms with Crippen molar-refractivity contribution in [1.29, 1.82) is 0 Å². The fourth-order valence-electron chi connectivity index (χ4n) is 2.83. The van der Waals surface area contributed by atoms with Crippen molar-refractivity contribution < 1.29 is 4.79 Å². The van der Waals surface area contributed by atoms with Crippen LogP contribution in [0.3, 0.4) is 0 Å². The van der Waals surface area contributed by atoms with Gasteiger partial charge >= 0.3 is 0 Å². The summed E-state index contributed by atoms with van der Waals surface area (Å²) in [6.07, 6.45) is 6.28. The molecular formula is C15H19N5O. The minimum Gasteiger partial charge on any atom is -0.349 e. The number of carbonyl (C=O) groups is 1. The monoisotopic (exact) mass is 285 g/mol. The summed E-state index contributed by atoms with van der Waals surface area (Å²) in [4.78, 5) is 12.3. The van der Waals surface area contributed by atoms with Gasteiger partial charge in [0.05, 0.1) is 5.69 Å². The first-order valence-electron chi connectivity index (χ1n) is 7.38. The summed E-state index contributed by atoms with van der Waals surface area (Å²) in [7, 11) is 0. The Morgan fingerprint density at radius 1 is 1.24 bits per heavy atom. The van der Waals surface area contributed by atoms with Gasteiger partial charge in [-0.15, -0.1) is 5.10 Å². The fraction of sp³-hybridized carbons (Fsp3) is 0.467. The Balaban J connectivity index is 1.67. The van der Waals surface area contributed by atoms with Crippen molar-refractivity contribution in [2.24, 2.45) is 5.92 Å². The molecule has 1 N–H and O–H groups in total. The van der Waals surface area contributed by atoms with Crippen LogP contribution in [0.2, 0.25) is 0 Å². The molecule has 1 aliphatic carbocycles. The van der Waals surface area contributed by atoms with Crippen LogP contribution in [0, 0.1) is 5.92 Å². The first kappa shape index (κ1) is 13.7. The highest BCUT2D eigenvalue weighted by atomic mass is 16.1. The van der Waals surface area contributed by atoms with Gasteiger partial charge in [-0.25, -0.2) is 4.68 Å². The van der Waals surface area contributed by atoms with E-state index in [0.717, 1.165) is 12.1 Å². The molecule has 0 radical (unpaired) electrons. The predicted octanol–water partition coefficient (Wildman–Crippen LogP) is 1.97. The molecule has 0 spiro atoms. The zero-order chi connectivity index (χ0) is 14.7. The highest BCUT2D eigenvalue weighted by Crippen LogP contribution is 2.24. The molecule has 0 aliphatic heterocycles. The van der Waals surface area contributed by atoms with Gasteiger partial charge in [-0.2, -0.15) is 0 Å². The lowest BCUT2D eigenvalue weighted by atomic mass is 9.86. The summed E-state index contributed by atoms with van der Waals surface area (Å²) in [5.41, 5.74) is 1.51. The molecule has 2 aromatic rings. The van der Waals surface area contributed by atoms with Gasteiger partial charge in [0, 0.05) is 11.6 Å². The summed E-state index contributed by atoms with van der Waals surface area (Å²) >= 11 is 0. The van der Waals surface area contributed by atoms with Crippen LogP contribution in [-0.2, 0) is 0 Å². The molecule has 6 heteroatoms. The van der Waals surface area contributed by atoms with E-state index in [1.807, 2.05) is 12.1 Å². The molecule has 1 fully saturated rings. The number of benzene rings is 1. The second kappa shape index (κ2) is 6.03. The third-order valence-corrected chi connectivity index (χ3v) is 4.17. The third kappa shape index (κ3) is 3.09. The van der Waals surface area contributed by atoms with E-state index in [1.165, 1.54) is 25.6 Å². The Labute approximate surface area is 123 Å². The summed E-state index contributed by atoms with van der Waals surface area (Å²) in [5.74, 6) is 0.556. The van der Waals surface area contributed by atoms with Gasteiger partial charge in [0.2, 0.25) is 0 Å². The molecule has 1 aromatic carbocycles. The van der Waals surface area contributed by atoms with E-state index in [4.69, 9.17) is 0 Å². The van der Waals surface area contributed by atoms with Crippen molar-refractivity contribution >= 4 is 5.91 Å². The van der Waals surface area contributed by atoms with E-state index in [-0.39, 0.29) is 5.91 Å². The molecule has 0 bridgehead atoms. The van der Waals surface area contributed by atoms with Crippen molar-refractivity contribution in [3.05, 3.63) is 36.2 Å². The number of nitrogens with zero attached hydrogens (tertiary/aromatic N) is 4. The Kier molecular flexibility index (Phi) is 3.94. The highest BCUT2D eigenvalue weighted by molar-refractivity contribution is 5.94. The smallest absolute Gasteiger partial charge is 0.251 e. The molecule has 3 rings (SSSR count). The normalized spacial score (nSPS) is 22.0. The molecule has 0 saturated heterocycles. The van der Waals surface area contributed by atoms with Gasteiger partial charge in [-0.3, -0.25) is 4.79 Å². The van der Waals surface area contributed by atoms with Gasteiger partial charge in [0.25, 0.3) is 5.91 Å². The molecule has 110 valence electrons. The number of amides is 1. The van der Waals surface area contributed by atoms with E-state index in [1.54, 1.807) is 16.8 Å². The van der Waals surface area contributed by atoms with Crippen LogP contribution < -0.4 is 5.32 Å². The number of rotatable bonds is 3. The van der Waals surface area contributed by atoms with E-state index in [2.05, 4.69) is 27.8 Å². The maximum Gasteiger partial charge on any atom is 0.251 e. The second-order valence-electron chi connectivity index (χ2n) is 5.64. The van der Waals surface area contributed by atoms with Crippen LogP contribution in [0.5, 0.6) is 0 Å².